The number of imidazole rings is 2. The second-order valence-electron chi connectivity index (χ2n) is 5.49. The van der Waals surface area contributed by atoms with E-state index in [-0.39, 0.29) is 6.04 Å². The third-order valence-corrected chi connectivity index (χ3v) is 3.89. The fourth-order valence-electron chi connectivity index (χ4n) is 2.70. The monoisotopic (exact) mass is 291 g/mol. The first-order valence-electron chi connectivity index (χ1n) is 7.43. The minimum absolute atomic E-state index is 0.124. The zero-order valence-electron chi connectivity index (χ0n) is 12.1. The predicted octanol–water partition coefficient (Wildman–Crippen LogP) is 3.07. The Hall–Kier alpha value is -2.66. The van der Waals surface area contributed by atoms with Gasteiger partial charge in [0.05, 0.1) is 28.1 Å². The molecule has 2 aromatic heterocycles. The van der Waals surface area contributed by atoms with Gasteiger partial charge in [-0.25, -0.2) is 9.97 Å². The molecule has 4 N–H and O–H groups in total. The van der Waals surface area contributed by atoms with Crippen LogP contribution in [0.1, 0.15) is 24.1 Å². The van der Waals surface area contributed by atoms with E-state index in [0.29, 0.717) is 0 Å². The van der Waals surface area contributed by atoms with Crippen molar-refractivity contribution in [3.05, 3.63) is 60.2 Å². The second-order valence-corrected chi connectivity index (χ2v) is 5.49. The van der Waals surface area contributed by atoms with E-state index in [1.54, 1.807) is 0 Å². The third kappa shape index (κ3) is 2.35. The normalized spacial score (nSPS) is 13.0. The number of hydrogen-bond acceptors (Lipinski definition) is 3. The largest absolute Gasteiger partial charge is 0.342 e. The Bertz CT molecular complexity index is 855. The Morgan fingerprint density at radius 3 is 2.18 bits per heavy atom. The van der Waals surface area contributed by atoms with E-state index in [4.69, 9.17) is 5.73 Å². The Morgan fingerprint density at radius 1 is 0.864 bits per heavy atom. The van der Waals surface area contributed by atoms with Gasteiger partial charge in [0.25, 0.3) is 0 Å². The molecule has 5 nitrogen and oxygen atoms in total. The van der Waals surface area contributed by atoms with Gasteiger partial charge >= 0.3 is 0 Å². The number of benzene rings is 2. The number of nitrogens with two attached hydrogens (primary N) is 1. The van der Waals surface area contributed by atoms with Crippen molar-refractivity contribution >= 4 is 22.1 Å². The lowest BCUT2D eigenvalue weighted by Gasteiger charge is -2.06. The summed E-state index contributed by atoms with van der Waals surface area (Å²) in [5.41, 5.74) is 10.3. The van der Waals surface area contributed by atoms with Crippen LogP contribution in [-0.4, -0.2) is 19.9 Å². The molecule has 0 radical (unpaired) electrons. The highest BCUT2D eigenvalue weighted by atomic mass is 15.0. The van der Waals surface area contributed by atoms with Crippen LogP contribution in [0.3, 0.4) is 0 Å². The molecule has 110 valence electrons. The molecule has 0 saturated heterocycles. The summed E-state index contributed by atoms with van der Waals surface area (Å²) in [5.74, 6) is 1.80. The van der Waals surface area contributed by atoms with Crippen molar-refractivity contribution in [2.75, 3.05) is 0 Å². The number of H-pyrrole nitrogens is 2. The topological polar surface area (TPSA) is 83.4 Å². The van der Waals surface area contributed by atoms with Crippen LogP contribution in [0.15, 0.2) is 48.5 Å². The van der Waals surface area contributed by atoms with Crippen molar-refractivity contribution in [1.82, 2.24) is 19.9 Å². The fourth-order valence-corrected chi connectivity index (χ4v) is 2.70. The Labute approximate surface area is 127 Å². The number of nitrogens with zero attached hydrogens (tertiary/aromatic N) is 2. The van der Waals surface area contributed by atoms with Crippen molar-refractivity contribution in [2.24, 2.45) is 5.73 Å². The lowest BCUT2D eigenvalue weighted by molar-refractivity contribution is 0.611. The van der Waals surface area contributed by atoms with Crippen molar-refractivity contribution < 1.29 is 0 Å². The maximum absolute atomic E-state index is 6.27. The van der Waals surface area contributed by atoms with Crippen molar-refractivity contribution in [3.8, 4) is 0 Å². The molecule has 0 unspecified atom stereocenters. The summed E-state index contributed by atoms with van der Waals surface area (Å²) in [7, 11) is 0. The van der Waals surface area contributed by atoms with Crippen molar-refractivity contribution in [3.63, 3.8) is 0 Å². The van der Waals surface area contributed by atoms with E-state index in [1.807, 2.05) is 48.5 Å². The van der Waals surface area contributed by atoms with Crippen LogP contribution >= 0.6 is 0 Å². The van der Waals surface area contributed by atoms with Gasteiger partial charge in [-0.2, -0.15) is 0 Å². The van der Waals surface area contributed by atoms with Crippen molar-refractivity contribution in [1.29, 1.82) is 0 Å². The number of aryl methyl sites for hydroxylation is 1. The molecule has 0 saturated carbocycles. The van der Waals surface area contributed by atoms with Crippen LogP contribution in [0.25, 0.3) is 22.1 Å². The number of rotatable bonds is 4. The Kier molecular flexibility index (Phi) is 3.12. The van der Waals surface area contributed by atoms with Gasteiger partial charge in [0.1, 0.15) is 11.6 Å². The summed E-state index contributed by atoms with van der Waals surface area (Å²) in [6.07, 6.45) is 1.59. The molecule has 1 atom stereocenters. The van der Waals surface area contributed by atoms with Crippen LogP contribution in [0, 0.1) is 0 Å². The molecule has 0 amide bonds. The van der Waals surface area contributed by atoms with Gasteiger partial charge in [0, 0.05) is 6.42 Å². The van der Waals surface area contributed by atoms with E-state index in [1.165, 1.54) is 0 Å². The van der Waals surface area contributed by atoms with Crippen LogP contribution < -0.4 is 5.73 Å². The first-order valence-corrected chi connectivity index (χ1v) is 7.43. The second kappa shape index (κ2) is 5.27. The van der Waals surface area contributed by atoms with E-state index in [9.17, 15) is 0 Å². The summed E-state index contributed by atoms with van der Waals surface area (Å²) in [6.45, 7) is 0. The molecule has 0 fully saturated rings. The highest BCUT2D eigenvalue weighted by molar-refractivity contribution is 5.75. The SMILES string of the molecule is N[C@H](CCc1nc2ccccc2[nH]1)c1nc2ccccc2[nH]1. The maximum Gasteiger partial charge on any atom is 0.124 e. The molecule has 0 bridgehead atoms. The summed E-state index contributed by atoms with van der Waals surface area (Å²) in [4.78, 5) is 15.8. The van der Waals surface area contributed by atoms with Gasteiger partial charge in [-0.3, -0.25) is 0 Å². The molecule has 5 heteroatoms. The first kappa shape index (κ1) is 13.0. The summed E-state index contributed by atoms with van der Waals surface area (Å²) in [6, 6.07) is 15.9. The fraction of sp³-hybridized carbons (Fsp3) is 0.176. The van der Waals surface area contributed by atoms with E-state index >= 15 is 0 Å². The Morgan fingerprint density at radius 2 is 1.50 bits per heavy atom. The van der Waals surface area contributed by atoms with Crippen molar-refractivity contribution in [2.45, 2.75) is 18.9 Å². The van der Waals surface area contributed by atoms with Gasteiger partial charge < -0.3 is 15.7 Å². The van der Waals surface area contributed by atoms with Gasteiger partial charge in [-0.1, -0.05) is 24.3 Å². The standard InChI is InChI=1S/C17H17N5/c18-11(17-21-14-7-3-4-8-15(14)22-17)9-10-16-19-12-5-1-2-6-13(12)20-16/h1-8,11H,9-10,18H2,(H,19,20)(H,21,22)/t11-/m1/s1. The first-order chi connectivity index (χ1) is 10.8. The highest BCUT2D eigenvalue weighted by Crippen LogP contribution is 2.18. The third-order valence-electron chi connectivity index (χ3n) is 3.89. The Balaban J connectivity index is 1.50. The lowest BCUT2D eigenvalue weighted by atomic mass is 10.1. The van der Waals surface area contributed by atoms with E-state index in [0.717, 1.165) is 46.6 Å². The van der Waals surface area contributed by atoms with Crippen LogP contribution in [0.5, 0.6) is 0 Å². The van der Waals surface area contributed by atoms with Gasteiger partial charge in [0.2, 0.25) is 0 Å². The van der Waals surface area contributed by atoms with Gasteiger partial charge in [0.15, 0.2) is 0 Å². The number of hydrogen-bond donors (Lipinski definition) is 3. The molecular weight excluding hydrogens is 274 g/mol. The molecule has 4 aromatic rings. The molecule has 0 spiro atoms. The number of para-hydroxylation sites is 4. The number of aromatic amines is 2. The minimum atomic E-state index is -0.124. The van der Waals surface area contributed by atoms with Crippen LogP contribution in [0.4, 0.5) is 0 Å². The lowest BCUT2D eigenvalue weighted by Crippen LogP contribution is -2.13. The molecule has 2 heterocycles. The molecular formula is C17H17N5. The van der Waals surface area contributed by atoms with Gasteiger partial charge in [-0.15, -0.1) is 0 Å². The smallest absolute Gasteiger partial charge is 0.124 e. The molecule has 0 aliphatic carbocycles. The van der Waals surface area contributed by atoms with Gasteiger partial charge in [-0.05, 0) is 30.7 Å². The molecule has 22 heavy (non-hydrogen) atoms. The molecule has 4 rings (SSSR count). The summed E-state index contributed by atoms with van der Waals surface area (Å²) in [5, 5.41) is 0. The molecule has 2 aromatic carbocycles. The quantitative estimate of drug-likeness (QED) is 0.540. The summed E-state index contributed by atoms with van der Waals surface area (Å²) >= 11 is 0. The molecule has 0 aliphatic heterocycles. The highest BCUT2D eigenvalue weighted by Gasteiger charge is 2.12. The number of aromatic nitrogens is 4. The van der Waals surface area contributed by atoms with E-state index < -0.39 is 0 Å². The van der Waals surface area contributed by atoms with Crippen LogP contribution in [-0.2, 0) is 6.42 Å². The zero-order valence-corrected chi connectivity index (χ0v) is 12.1. The minimum Gasteiger partial charge on any atom is -0.342 e. The number of nitrogens with one attached hydrogen (secondary N) is 2. The zero-order chi connectivity index (χ0) is 14.9. The predicted molar refractivity (Wildman–Crippen MR) is 87.4 cm³/mol. The maximum atomic E-state index is 6.27. The average Bonchev–Trinajstić information content (AvgIpc) is 3.15. The molecule has 0 aliphatic rings. The number of fused-ring (bicyclic) bond motifs is 2. The average molecular weight is 291 g/mol. The summed E-state index contributed by atoms with van der Waals surface area (Å²) < 4.78 is 0. The van der Waals surface area contributed by atoms with E-state index in [2.05, 4.69) is 19.9 Å². The van der Waals surface area contributed by atoms with Crippen LogP contribution in [0.2, 0.25) is 0 Å².